The maximum Gasteiger partial charge on any atom is 0.242 e. The van der Waals surface area contributed by atoms with Gasteiger partial charge in [-0.1, -0.05) is 12.2 Å². The third kappa shape index (κ3) is 3.45. The molecule has 1 unspecified atom stereocenters. The Morgan fingerprint density at radius 3 is 2.44 bits per heavy atom. The van der Waals surface area contributed by atoms with Crippen LogP contribution in [0.3, 0.4) is 0 Å². The maximum absolute atomic E-state index is 11.8. The van der Waals surface area contributed by atoms with Crippen molar-refractivity contribution in [1.29, 1.82) is 0 Å². The van der Waals surface area contributed by atoms with E-state index in [0.717, 1.165) is 6.20 Å². The second-order valence-electron chi connectivity index (χ2n) is 3.49. The highest BCUT2D eigenvalue weighted by Crippen LogP contribution is 2.08. The fourth-order valence-corrected chi connectivity index (χ4v) is 2.32. The van der Waals surface area contributed by atoms with Crippen LogP contribution in [-0.4, -0.2) is 30.3 Å². The lowest BCUT2D eigenvalue weighted by atomic mass is 10.3. The van der Waals surface area contributed by atoms with Gasteiger partial charge in [0.1, 0.15) is 9.88 Å². The molecule has 0 saturated carbocycles. The molecule has 7 nitrogen and oxygen atoms in total. The average molecular weight is 288 g/mol. The number of nitrogens with zero attached hydrogens (tertiary/aromatic N) is 1. The largest absolute Gasteiger partial charge is 0.388 e. The number of pyridine rings is 1. The fourth-order valence-electron chi connectivity index (χ4n) is 1.04. The summed E-state index contributed by atoms with van der Waals surface area (Å²) in [5.41, 5.74) is 10.6. The molecule has 5 N–H and O–H groups in total. The van der Waals surface area contributed by atoms with E-state index in [0.29, 0.717) is 5.69 Å². The molecule has 98 valence electrons. The average Bonchev–Trinajstić information content (AvgIpc) is 2.28. The van der Waals surface area contributed by atoms with Gasteiger partial charge < -0.3 is 11.5 Å². The highest BCUT2D eigenvalue weighted by atomic mass is 32.2. The Morgan fingerprint density at radius 1 is 1.44 bits per heavy atom. The second-order valence-corrected chi connectivity index (χ2v) is 5.64. The number of primary amides is 1. The van der Waals surface area contributed by atoms with Crippen LogP contribution in [0.2, 0.25) is 0 Å². The summed E-state index contributed by atoms with van der Waals surface area (Å²) in [6.45, 7) is 1.34. The molecule has 0 aromatic carbocycles. The summed E-state index contributed by atoms with van der Waals surface area (Å²) in [6.07, 6.45) is 1.10. The third-order valence-corrected chi connectivity index (χ3v) is 3.79. The smallest absolute Gasteiger partial charge is 0.242 e. The molecule has 1 atom stereocenters. The summed E-state index contributed by atoms with van der Waals surface area (Å²) < 4.78 is 25.7. The van der Waals surface area contributed by atoms with Crippen molar-refractivity contribution < 1.29 is 13.2 Å². The molecule has 1 aromatic rings. The van der Waals surface area contributed by atoms with Crippen molar-refractivity contribution in [2.45, 2.75) is 17.9 Å². The van der Waals surface area contributed by atoms with Gasteiger partial charge in [-0.2, -0.15) is 4.72 Å². The molecule has 0 fully saturated rings. The molecule has 0 saturated heterocycles. The molecule has 0 spiro atoms. The predicted octanol–water partition coefficient (Wildman–Crippen LogP) is -1.13. The highest BCUT2D eigenvalue weighted by Gasteiger charge is 2.20. The summed E-state index contributed by atoms with van der Waals surface area (Å²) in [7, 11) is -3.84. The van der Waals surface area contributed by atoms with Crippen LogP contribution in [0, 0.1) is 0 Å². The lowest BCUT2D eigenvalue weighted by Gasteiger charge is -2.10. The highest BCUT2D eigenvalue weighted by molar-refractivity contribution is 7.89. The van der Waals surface area contributed by atoms with Crippen molar-refractivity contribution in [3.8, 4) is 0 Å². The first-order chi connectivity index (χ1) is 8.24. The van der Waals surface area contributed by atoms with Gasteiger partial charge in [-0.15, -0.1) is 0 Å². The Hall–Kier alpha value is -1.58. The van der Waals surface area contributed by atoms with Crippen molar-refractivity contribution in [1.82, 2.24) is 9.71 Å². The number of rotatable bonds is 5. The number of thiocarbonyl (C=S) groups is 1. The van der Waals surface area contributed by atoms with Gasteiger partial charge >= 0.3 is 0 Å². The van der Waals surface area contributed by atoms with Gasteiger partial charge in [0.25, 0.3) is 0 Å². The number of hydrogen-bond donors (Lipinski definition) is 3. The quantitative estimate of drug-likeness (QED) is 0.588. The Kier molecular flexibility index (Phi) is 4.33. The predicted molar refractivity (Wildman–Crippen MR) is 69.1 cm³/mol. The van der Waals surface area contributed by atoms with Crippen LogP contribution in [0.25, 0.3) is 0 Å². The van der Waals surface area contributed by atoms with Crippen LogP contribution < -0.4 is 16.2 Å². The molecule has 1 amide bonds. The molecule has 18 heavy (non-hydrogen) atoms. The van der Waals surface area contributed by atoms with E-state index in [1.54, 1.807) is 0 Å². The number of nitrogens with two attached hydrogens (primary N) is 2. The minimum atomic E-state index is -3.84. The molecule has 0 aliphatic carbocycles. The zero-order valence-corrected chi connectivity index (χ0v) is 11.1. The Labute approximate surface area is 110 Å². The first-order valence-corrected chi connectivity index (χ1v) is 6.70. The number of carbonyl (C=O) groups excluding carboxylic acids is 1. The lowest BCUT2D eigenvalue weighted by Crippen LogP contribution is -2.42. The van der Waals surface area contributed by atoms with Gasteiger partial charge in [0.05, 0.1) is 11.7 Å². The molecule has 0 aliphatic heterocycles. The van der Waals surface area contributed by atoms with E-state index in [9.17, 15) is 13.2 Å². The van der Waals surface area contributed by atoms with Gasteiger partial charge in [0.2, 0.25) is 15.9 Å². The van der Waals surface area contributed by atoms with E-state index in [-0.39, 0.29) is 9.88 Å². The zero-order chi connectivity index (χ0) is 13.9. The van der Waals surface area contributed by atoms with E-state index in [1.807, 2.05) is 0 Å². The molecular weight excluding hydrogens is 276 g/mol. The number of amides is 1. The number of hydrogen-bond acceptors (Lipinski definition) is 5. The standard InChI is InChI=1S/C9H12N4O3S2/c1-5(8(10)14)13-18(15,16)6-2-3-7(9(11)17)12-4-6/h2-5,13H,1H3,(H2,10,14)(H2,11,17). The topological polar surface area (TPSA) is 128 Å². The van der Waals surface area contributed by atoms with Crippen LogP contribution in [0.15, 0.2) is 23.2 Å². The van der Waals surface area contributed by atoms with Gasteiger partial charge in [-0.25, -0.2) is 8.42 Å². The molecule has 1 rings (SSSR count). The summed E-state index contributed by atoms with van der Waals surface area (Å²) in [6, 6.07) is 1.66. The Bertz CT molecular complexity index is 568. The van der Waals surface area contributed by atoms with E-state index in [4.69, 9.17) is 23.7 Å². The first kappa shape index (κ1) is 14.5. The molecule has 1 aromatic heterocycles. The monoisotopic (exact) mass is 288 g/mol. The number of carbonyl (C=O) groups is 1. The van der Waals surface area contributed by atoms with Crippen molar-refractivity contribution in [3.63, 3.8) is 0 Å². The molecule has 0 bridgehead atoms. The van der Waals surface area contributed by atoms with Crippen molar-refractivity contribution in [2.75, 3.05) is 0 Å². The molecule has 0 aliphatic rings. The molecule has 0 radical (unpaired) electrons. The van der Waals surface area contributed by atoms with E-state index in [1.165, 1.54) is 19.1 Å². The van der Waals surface area contributed by atoms with E-state index in [2.05, 4.69) is 9.71 Å². The summed E-state index contributed by atoms with van der Waals surface area (Å²) in [5, 5.41) is 0. The molecule has 9 heteroatoms. The summed E-state index contributed by atoms with van der Waals surface area (Å²) in [5.74, 6) is -0.772. The van der Waals surface area contributed by atoms with E-state index >= 15 is 0 Å². The SMILES string of the molecule is CC(NS(=O)(=O)c1ccc(C(N)=S)nc1)C(N)=O. The number of aromatic nitrogens is 1. The summed E-state index contributed by atoms with van der Waals surface area (Å²) in [4.78, 5) is 14.6. The van der Waals surface area contributed by atoms with Gasteiger partial charge in [0, 0.05) is 6.20 Å². The minimum absolute atomic E-state index is 0.0670. The third-order valence-electron chi connectivity index (χ3n) is 2.06. The second kappa shape index (κ2) is 5.38. The van der Waals surface area contributed by atoms with Crippen LogP contribution in [-0.2, 0) is 14.8 Å². The van der Waals surface area contributed by atoms with E-state index < -0.39 is 22.0 Å². The van der Waals surface area contributed by atoms with Crippen molar-refractivity contribution in [3.05, 3.63) is 24.0 Å². The fraction of sp³-hybridized carbons (Fsp3) is 0.222. The lowest BCUT2D eigenvalue weighted by molar-refractivity contribution is -0.119. The Balaban J connectivity index is 2.99. The summed E-state index contributed by atoms with van der Waals surface area (Å²) >= 11 is 4.69. The first-order valence-electron chi connectivity index (χ1n) is 4.81. The van der Waals surface area contributed by atoms with Crippen molar-refractivity contribution >= 4 is 33.1 Å². The molecule has 1 heterocycles. The maximum atomic E-state index is 11.8. The van der Waals surface area contributed by atoms with Crippen molar-refractivity contribution in [2.24, 2.45) is 11.5 Å². The van der Waals surface area contributed by atoms with Gasteiger partial charge in [-0.05, 0) is 19.1 Å². The van der Waals surface area contributed by atoms with Crippen LogP contribution >= 0.6 is 12.2 Å². The zero-order valence-electron chi connectivity index (χ0n) is 9.45. The normalized spacial score (nSPS) is 12.9. The van der Waals surface area contributed by atoms with Gasteiger partial charge in [-0.3, -0.25) is 9.78 Å². The van der Waals surface area contributed by atoms with Gasteiger partial charge in [0.15, 0.2) is 0 Å². The Morgan fingerprint density at radius 2 is 2.06 bits per heavy atom. The number of sulfonamides is 1. The van der Waals surface area contributed by atoms with Crippen LogP contribution in [0.5, 0.6) is 0 Å². The molecular formula is C9H12N4O3S2. The minimum Gasteiger partial charge on any atom is -0.388 e. The number of nitrogens with one attached hydrogen (secondary N) is 1. The van der Waals surface area contributed by atoms with Crippen LogP contribution in [0.4, 0.5) is 0 Å². The van der Waals surface area contributed by atoms with Crippen LogP contribution in [0.1, 0.15) is 12.6 Å².